The van der Waals surface area contributed by atoms with Gasteiger partial charge in [0.1, 0.15) is 17.3 Å². The van der Waals surface area contributed by atoms with Crippen molar-refractivity contribution >= 4 is 27.5 Å². The van der Waals surface area contributed by atoms with Crippen LogP contribution in [0.4, 0.5) is 5.69 Å². The van der Waals surface area contributed by atoms with Crippen molar-refractivity contribution in [1.29, 1.82) is 0 Å². The number of ether oxygens (including phenoxy) is 1. The van der Waals surface area contributed by atoms with Crippen LogP contribution in [0.5, 0.6) is 11.5 Å². The molecule has 0 fully saturated rings. The molecule has 6 nitrogen and oxygen atoms in total. The van der Waals surface area contributed by atoms with E-state index in [1.165, 1.54) is 22.1 Å². The van der Waals surface area contributed by atoms with Gasteiger partial charge in [0, 0.05) is 29.2 Å². The van der Waals surface area contributed by atoms with Gasteiger partial charge >= 0.3 is 0 Å². The molecule has 0 aliphatic heterocycles. The standard InChI is InChI=1S/C39H33N5O/c1-25-10-9-11-26(2)38(25)43-23-34(42-24-43)27-18-29(40-6)21-31(19-27)45-30-14-15-32-33-20-28(39(3,4)5)13-16-35(33)44(36(32)22-30)37-12-7-8-17-41-37/h7-24H,1-5H3. The van der Waals surface area contributed by atoms with Gasteiger partial charge in [0.15, 0.2) is 5.69 Å². The van der Waals surface area contributed by atoms with Crippen molar-refractivity contribution in [2.45, 2.75) is 40.0 Å². The maximum absolute atomic E-state index is 7.76. The number of aryl methyl sites for hydroxylation is 2. The normalized spacial score (nSPS) is 11.6. The highest BCUT2D eigenvalue weighted by Crippen LogP contribution is 2.38. The van der Waals surface area contributed by atoms with Gasteiger partial charge in [-0.1, -0.05) is 51.1 Å². The molecule has 0 saturated carbocycles. The number of benzene rings is 4. The molecule has 6 heteroatoms. The number of pyridine rings is 1. The molecule has 0 unspecified atom stereocenters. The number of hydrogen-bond acceptors (Lipinski definition) is 3. The second-order valence-corrected chi connectivity index (χ2v) is 12.5. The van der Waals surface area contributed by atoms with Gasteiger partial charge in [-0.25, -0.2) is 14.8 Å². The molecule has 0 spiro atoms. The summed E-state index contributed by atoms with van der Waals surface area (Å²) in [4.78, 5) is 13.1. The Kier molecular flexibility index (Phi) is 6.75. The monoisotopic (exact) mass is 587 g/mol. The molecule has 3 aromatic heterocycles. The quantitative estimate of drug-likeness (QED) is 0.188. The van der Waals surface area contributed by atoms with Gasteiger partial charge in [0.25, 0.3) is 0 Å². The molecule has 0 bridgehead atoms. The van der Waals surface area contributed by atoms with Crippen LogP contribution in [-0.4, -0.2) is 19.1 Å². The summed E-state index contributed by atoms with van der Waals surface area (Å²) in [7, 11) is 0. The second-order valence-electron chi connectivity index (χ2n) is 12.5. The zero-order valence-corrected chi connectivity index (χ0v) is 26.0. The topological polar surface area (TPSA) is 49.2 Å². The van der Waals surface area contributed by atoms with E-state index in [-0.39, 0.29) is 5.41 Å². The summed E-state index contributed by atoms with van der Waals surface area (Å²) in [6, 6.07) is 30.6. The molecule has 0 radical (unpaired) electrons. The van der Waals surface area contributed by atoms with E-state index in [1.54, 1.807) is 6.07 Å². The molecule has 0 N–H and O–H groups in total. The van der Waals surface area contributed by atoms with Crippen molar-refractivity contribution in [2.24, 2.45) is 0 Å². The van der Waals surface area contributed by atoms with E-state index in [4.69, 9.17) is 16.3 Å². The summed E-state index contributed by atoms with van der Waals surface area (Å²) in [6.07, 6.45) is 5.65. The molecule has 0 saturated heterocycles. The Balaban J connectivity index is 1.31. The summed E-state index contributed by atoms with van der Waals surface area (Å²) < 4.78 is 10.7. The predicted octanol–water partition coefficient (Wildman–Crippen LogP) is 10.3. The zero-order valence-electron chi connectivity index (χ0n) is 26.0. The average molecular weight is 588 g/mol. The van der Waals surface area contributed by atoms with Crippen LogP contribution >= 0.6 is 0 Å². The van der Waals surface area contributed by atoms with E-state index in [0.29, 0.717) is 17.2 Å². The van der Waals surface area contributed by atoms with Crippen molar-refractivity contribution in [2.75, 3.05) is 0 Å². The zero-order chi connectivity index (χ0) is 31.3. The number of aromatic nitrogens is 4. The first-order valence-corrected chi connectivity index (χ1v) is 15.0. The first kappa shape index (κ1) is 28.1. The van der Waals surface area contributed by atoms with Gasteiger partial charge < -0.3 is 9.30 Å². The first-order valence-electron chi connectivity index (χ1n) is 15.0. The third-order valence-electron chi connectivity index (χ3n) is 8.31. The van der Waals surface area contributed by atoms with Crippen LogP contribution in [0.2, 0.25) is 0 Å². The number of rotatable bonds is 5. The fourth-order valence-corrected chi connectivity index (χ4v) is 6.06. The molecule has 0 aliphatic carbocycles. The number of nitrogens with zero attached hydrogens (tertiary/aromatic N) is 5. The number of para-hydroxylation sites is 1. The molecular weight excluding hydrogens is 554 g/mol. The van der Waals surface area contributed by atoms with E-state index in [1.807, 2.05) is 59.7 Å². The van der Waals surface area contributed by atoms with Crippen molar-refractivity contribution < 1.29 is 4.74 Å². The number of hydrogen-bond donors (Lipinski definition) is 0. The van der Waals surface area contributed by atoms with E-state index in [2.05, 4.69) is 97.5 Å². The highest BCUT2D eigenvalue weighted by Gasteiger charge is 2.19. The largest absolute Gasteiger partial charge is 0.459 e. The summed E-state index contributed by atoms with van der Waals surface area (Å²) in [6.45, 7) is 18.7. The molecule has 4 aromatic carbocycles. The number of fused-ring (bicyclic) bond motifs is 3. The minimum Gasteiger partial charge on any atom is -0.459 e. The molecule has 220 valence electrons. The lowest BCUT2D eigenvalue weighted by Gasteiger charge is -2.19. The molecule has 0 amide bonds. The van der Waals surface area contributed by atoms with Crippen molar-refractivity contribution in [3.05, 3.63) is 138 Å². The lowest BCUT2D eigenvalue weighted by molar-refractivity contribution is 0.484. The van der Waals surface area contributed by atoms with Gasteiger partial charge in [-0.2, -0.15) is 0 Å². The van der Waals surface area contributed by atoms with Crippen LogP contribution in [0.1, 0.15) is 37.5 Å². The molecule has 7 aromatic rings. The van der Waals surface area contributed by atoms with E-state index in [9.17, 15) is 0 Å². The molecule has 45 heavy (non-hydrogen) atoms. The SMILES string of the molecule is [C-]#[N+]c1cc(Oc2ccc3c4cc(C(C)(C)C)ccc4n(-c4ccccn4)c3c2)cc(-c2cn(-c3c(C)cccc3C)cn2)c1. The van der Waals surface area contributed by atoms with Gasteiger partial charge in [-0.05, 0) is 96.1 Å². The Morgan fingerprint density at radius 3 is 2.31 bits per heavy atom. The van der Waals surface area contributed by atoms with Crippen LogP contribution in [0.3, 0.4) is 0 Å². The van der Waals surface area contributed by atoms with Crippen LogP contribution in [0.25, 0.3) is 49.4 Å². The highest BCUT2D eigenvalue weighted by atomic mass is 16.5. The minimum absolute atomic E-state index is 0.0247. The molecule has 0 aliphatic rings. The lowest BCUT2D eigenvalue weighted by atomic mass is 9.86. The van der Waals surface area contributed by atoms with E-state index in [0.717, 1.165) is 39.2 Å². The Hall–Kier alpha value is -5.67. The summed E-state index contributed by atoms with van der Waals surface area (Å²) >= 11 is 0. The van der Waals surface area contributed by atoms with Crippen LogP contribution < -0.4 is 4.74 Å². The second kappa shape index (κ2) is 10.8. The maximum Gasteiger partial charge on any atom is 0.191 e. The predicted molar refractivity (Wildman–Crippen MR) is 182 cm³/mol. The van der Waals surface area contributed by atoms with Gasteiger partial charge in [0.2, 0.25) is 0 Å². The third-order valence-corrected chi connectivity index (χ3v) is 8.31. The smallest absolute Gasteiger partial charge is 0.191 e. The van der Waals surface area contributed by atoms with Gasteiger partial charge in [-0.3, -0.25) is 4.57 Å². The minimum atomic E-state index is 0.0247. The maximum atomic E-state index is 7.76. The Bertz CT molecular complexity index is 2240. The number of imidazole rings is 1. The molecular formula is C39H33N5O. The van der Waals surface area contributed by atoms with Crippen molar-refractivity contribution in [3.63, 3.8) is 0 Å². The Morgan fingerprint density at radius 2 is 1.58 bits per heavy atom. The van der Waals surface area contributed by atoms with Crippen molar-refractivity contribution in [3.8, 4) is 34.3 Å². The van der Waals surface area contributed by atoms with Crippen LogP contribution in [0.15, 0.2) is 110 Å². The fraction of sp³-hybridized carbons (Fsp3) is 0.154. The molecule has 7 rings (SSSR count). The third kappa shape index (κ3) is 5.13. The van der Waals surface area contributed by atoms with Gasteiger partial charge in [-0.15, -0.1) is 0 Å². The van der Waals surface area contributed by atoms with Crippen molar-refractivity contribution in [1.82, 2.24) is 19.1 Å². The lowest BCUT2D eigenvalue weighted by Crippen LogP contribution is -2.10. The van der Waals surface area contributed by atoms with E-state index < -0.39 is 0 Å². The Labute approximate surface area is 263 Å². The average Bonchev–Trinajstić information content (AvgIpc) is 3.63. The first-order chi connectivity index (χ1) is 21.7. The summed E-state index contributed by atoms with van der Waals surface area (Å²) in [5.41, 5.74) is 8.93. The fourth-order valence-electron chi connectivity index (χ4n) is 6.06. The Morgan fingerprint density at radius 1 is 0.756 bits per heavy atom. The molecule has 3 heterocycles. The van der Waals surface area contributed by atoms with Gasteiger partial charge in [0.05, 0.1) is 35.3 Å². The van der Waals surface area contributed by atoms with E-state index >= 15 is 0 Å². The van der Waals surface area contributed by atoms with Crippen LogP contribution in [0, 0.1) is 20.4 Å². The molecule has 0 atom stereocenters. The highest BCUT2D eigenvalue weighted by molar-refractivity contribution is 6.09. The summed E-state index contributed by atoms with van der Waals surface area (Å²) in [5, 5.41) is 2.30. The summed E-state index contributed by atoms with van der Waals surface area (Å²) in [5.74, 6) is 2.09. The van der Waals surface area contributed by atoms with Crippen LogP contribution in [-0.2, 0) is 5.41 Å².